The van der Waals surface area contributed by atoms with Crippen LogP contribution in [-0.2, 0) is 9.53 Å². The standard InChI is InChI=1S/C8H17N3O2/c1-11-3-2-10-7(4-11)5-13-6-8(9)12/h7,10H,2-6H2,1H3,(H2,9,12). The number of primary amides is 1. The minimum Gasteiger partial charge on any atom is -0.370 e. The molecule has 0 aliphatic carbocycles. The molecular formula is C8H17N3O2. The van der Waals surface area contributed by atoms with E-state index in [1.165, 1.54) is 0 Å². The number of piperazine rings is 1. The SMILES string of the molecule is CN1CCNC(COCC(N)=O)C1. The summed E-state index contributed by atoms with van der Waals surface area (Å²) in [6.45, 7) is 3.56. The van der Waals surface area contributed by atoms with Gasteiger partial charge in [0.15, 0.2) is 0 Å². The van der Waals surface area contributed by atoms with Gasteiger partial charge in [0.25, 0.3) is 0 Å². The molecule has 1 aliphatic heterocycles. The molecule has 0 aromatic heterocycles. The first-order valence-electron chi connectivity index (χ1n) is 4.46. The molecule has 1 rings (SSSR count). The lowest BCUT2D eigenvalue weighted by Crippen LogP contribution is -2.51. The number of nitrogens with zero attached hydrogens (tertiary/aromatic N) is 1. The van der Waals surface area contributed by atoms with Crippen LogP contribution in [0.2, 0.25) is 0 Å². The first kappa shape index (κ1) is 10.4. The van der Waals surface area contributed by atoms with Crippen molar-refractivity contribution in [1.82, 2.24) is 10.2 Å². The Hall–Kier alpha value is -0.650. The number of carbonyl (C=O) groups excluding carboxylic acids is 1. The molecule has 76 valence electrons. The van der Waals surface area contributed by atoms with E-state index in [0.29, 0.717) is 12.6 Å². The van der Waals surface area contributed by atoms with Crippen molar-refractivity contribution in [3.8, 4) is 0 Å². The highest BCUT2D eigenvalue weighted by Gasteiger charge is 2.16. The molecule has 0 aromatic rings. The molecule has 1 atom stereocenters. The smallest absolute Gasteiger partial charge is 0.243 e. The van der Waals surface area contributed by atoms with Gasteiger partial charge in [0, 0.05) is 25.7 Å². The fourth-order valence-corrected chi connectivity index (χ4v) is 1.41. The van der Waals surface area contributed by atoms with E-state index in [0.717, 1.165) is 19.6 Å². The van der Waals surface area contributed by atoms with Gasteiger partial charge in [-0.25, -0.2) is 0 Å². The van der Waals surface area contributed by atoms with Crippen molar-refractivity contribution in [2.24, 2.45) is 5.73 Å². The lowest BCUT2D eigenvalue weighted by Gasteiger charge is -2.30. The van der Waals surface area contributed by atoms with Gasteiger partial charge in [0.1, 0.15) is 6.61 Å². The fourth-order valence-electron chi connectivity index (χ4n) is 1.41. The minimum atomic E-state index is -0.413. The second kappa shape index (κ2) is 5.16. The van der Waals surface area contributed by atoms with E-state index in [2.05, 4.69) is 17.3 Å². The van der Waals surface area contributed by atoms with Gasteiger partial charge in [0.2, 0.25) is 5.91 Å². The van der Waals surface area contributed by atoms with Crippen LogP contribution in [0.3, 0.4) is 0 Å². The van der Waals surface area contributed by atoms with Crippen LogP contribution in [-0.4, -0.2) is 56.7 Å². The molecule has 3 N–H and O–H groups in total. The Morgan fingerprint density at radius 3 is 3.15 bits per heavy atom. The average Bonchev–Trinajstić information content (AvgIpc) is 2.03. The summed E-state index contributed by atoms with van der Waals surface area (Å²) in [6, 6.07) is 0.318. The fraction of sp³-hybridized carbons (Fsp3) is 0.875. The van der Waals surface area contributed by atoms with E-state index in [1.807, 2.05) is 0 Å². The molecule has 1 aliphatic rings. The van der Waals surface area contributed by atoms with Crippen LogP contribution in [0.15, 0.2) is 0 Å². The number of nitrogens with one attached hydrogen (secondary N) is 1. The zero-order chi connectivity index (χ0) is 9.68. The van der Waals surface area contributed by atoms with Gasteiger partial charge in [-0.3, -0.25) is 4.79 Å². The van der Waals surface area contributed by atoms with Crippen molar-refractivity contribution >= 4 is 5.91 Å². The highest BCUT2D eigenvalue weighted by atomic mass is 16.5. The van der Waals surface area contributed by atoms with E-state index < -0.39 is 5.91 Å². The molecule has 5 nitrogen and oxygen atoms in total. The van der Waals surface area contributed by atoms with Gasteiger partial charge < -0.3 is 20.7 Å². The predicted octanol–water partition coefficient (Wildman–Crippen LogP) is -1.61. The van der Waals surface area contributed by atoms with E-state index in [4.69, 9.17) is 10.5 Å². The van der Waals surface area contributed by atoms with Crippen LogP contribution in [0.4, 0.5) is 0 Å². The normalized spacial score (nSPS) is 24.5. The van der Waals surface area contributed by atoms with Crippen LogP contribution >= 0.6 is 0 Å². The van der Waals surface area contributed by atoms with Crippen molar-refractivity contribution in [3.63, 3.8) is 0 Å². The summed E-state index contributed by atoms with van der Waals surface area (Å²) in [5.41, 5.74) is 4.94. The maximum atomic E-state index is 10.4. The predicted molar refractivity (Wildman–Crippen MR) is 49.3 cm³/mol. The molecule has 0 saturated carbocycles. The van der Waals surface area contributed by atoms with E-state index in [-0.39, 0.29) is 6.61 Å². The maximum Gasteiger partial charge on any atom is 0.243 e. The largest absolute Gasteiger partial charge is 0.370 e. The molecule has 13 heavy (non-hydrogen) atoms. The number of amides is 1. The lowest BCUT2D eigenvalue weighted by molar-refractivity contribution is -0.122. The Kier molecular flexibility index (Phi) is 4.14. The molecule has 1 heterocycles. The van der Waals surface area contributed by atoms with Crippen LogP contribution in [0, 0.1) is 0 Å². The van der Waals surface area contributed by atoms with Gasteiger partial charge in [-0.15, -0.1) is 0 Å². The lowest BCUT2D eigenvalue weighted by atomic mass is 10.2. The summed E-state index contributed by atoms with van der Waals surface area (Å²) < 4.78 is 5.12. The Balaban J connectivity index is 2.10. The number of hydrogen-bond acceptors (Lipinski definition) is 4. The number of hydrogen-bond donors (Lipinski definition) is 2. The third kappa shape index (κ3) is 4.21. The molecule has 1 amide bonds. The molecule has 0 spiro atoms. The van der Waals surface area contributed by atoms with Crippen molar-refractivity contribution < 1.29 is 9.53 Å². The number of carbonyl (C=O) groups is 1. The van der Waals surface area contributed by atoms with E-state index in [9.17, 15) is 4.79 Å². The zero-order valence-electron chi connectivity index (χ0n) is 7.95. The molecule has 1 fully saturated rings. The van der Waals surface area contributed by atoms with Crippen LogP contribution < -0.4 is 11.1 Å². The highest BCUT2D eigenvalue weighted by Crippen LogP contribution is 1.96. The summed E-state index contributed by atoms with van der Waals surface area (Å²) in [5, 5.41) is 3.30. The molecule has 1 saturated heterocycles. The van der Waals surface area contributed by atoms with Crippen LogP contribution in [0.5, 0.6) is 0 Å². The highest BCUT2D eigenvalue weighted by molar-refractivity contribution is 5.74. The zero-order valence-corrected chi connectivity index (χ0v) is 7.95. The summed E-state index contributed by atoms with van der Waals surface area (Å²) in [4.78, 5) is 12.6. The molecular weight excluding hydrogens is 170 g/mol. The van der Waals surface area contributed by atoms with E-state index in [1.54, 1.807) is 0 Å². The van der Waals surface area contributed by atoms with Crippen molar-refractivity contribution in [2.45, 2.75) is 6.04 Å². The number of ether oxygens (including phenoxy) is 1. The van der Waals surface area contributed by atoms with Crippen molar-refractivity contribution in [2.75, 3.05) is 39.9 Å². The minimum absolute atomic E-state index is 0.0158. The van der Waals surface area contributed by atoms with Gasteiger partial charge in [-0.1, -0.05) is 0 Å². The summed E-state index contributed by atoms with van der Waals surface area (Å²) in [5.74, 6) is -0.413. The van der Waals surface area contributed by atoms with Gasteiger partial charge in [0.05, 0.1) is 6.61 Å². The summed E-state index contributed by atoms with van der Waals surface area (Å²) in [7, 11) is 2.07. The number of rotatable bonds is 4. The summed E-state index contributed by atoms with van der Waals surface area (Å²) >= 11 is 0. The molecule has 0 radical (unpaired) electrons. The maximum absolute atomic E-state index is 10.4. The molecule has 0 aromatic carbocycles. The Labute approximate surface area is 78.2 Å². The van der Waals surface area contributed by atoms with Gasteiger partial charge in [-0.05, 0) is 7.05 Å². The monoisotopic (exact) mass is 187 g/mol. The van der Waals surface area contributed by atoms with Crippen LogP contribution in [0.25, 0.3) is 0 Å². The van der Waals surface area contributed by atoms with Gasteiger partial charge in [-0.2, -0.15) is 0 Å². The first-order chi connectivity index (χ1) is 6.18. The van der Waals surface area contributed by atoms with E-state index >= 15 is 0 Å². The first-order valence-corrected chi connectivity index (χ1v) is 4.46. The molecule has 5 heteroatoms. The van der Waals surface area contributed by atoms with Gasteiger partial charge >= 0.3 is 0 Å². The summed E-state index contributed by atoms with van der Waals surface area (Å²) in [6.07, 6.45) is 0. The van der Waals surface area contributed by atoms with Crippen molar-refractivity contribution in [1.29, 1.82) is 0 Å². The Morgan fingerprint density at radius 2 is 2.54 bits per heavy atom. The third-order valence-corrected chi connectivity index (χ3v) is 2.02. The Morgan fingerprint density at radius 1 is 1.77 bits per heavy atom. The van der Waals surface area contributed by atoms with Crippen LogP contribution in [0.1, 0.15) is 0 Å². The molecule has 0 bridgehead atoms. The topological polar surface area (TPSA) is 67.6 Å². The molecule has 1 unspecified atom stereocenters. The number of likely N-dealkylation sites (N-methyl/N-ethyl adjacent to an activating group) is 1. The average molecular weight is 187 g/mol. The second-order valence-electron chi connectivity index (χ2n) is 3.39. The van der Waals surface area contributed by atoms with Crippen molar-refractivity contribution in [3.05, 3.63) is 0 Å². The third-order valence-electron chi connectivity index (χ3n) is 2.02. The quantitative estimate of drug-likeness (QED) is 0.556. The Bertz CT molecular complexity index is 175. The number of nitrogens with two attached hydrogens (primary N) is 1. The second-order valence-corrected chi connectivity index (χ2v) is 3.39.